The minimum atomic E-state index is -4.29. The van der Waals surface area contributed by atoms with Crippen molar-refractivity contribution in [1.29, 1.82) is 0 Å². The summed E-state index contributed by atoms with van der Waals surface area (Å²) in [6, 6.07) is 9.74. The van der Waals surface area contributed by atoms with Crippen molar-refractivity contribution in [2.45, 2.75) is 65.8 Å². The summed E-state index contributed by atoms with van der Waals surface area (Å²) in [5, 5.41) is 0. The minimum Gasteiger partial charge on any atom is -0.476 e. The van der Waals surface area contributed by atoms with Crippen molar-refractivity contribution in [2.75, 3.05) is 39.3 Å². The second kappa shape index (κ2) is 12.3. The molecule has 0 unspecified atom stereocenters. The third kappa shape index (κ3) is 8.20. The number of benzene rings is 2. The van der Waals surface area contributed by atoms with Crippen molar-refractivity contribution in [2.24, 2.45) is 0 Å². The maximum Gasteiger partial charge on any atom is 0.416 e. The Morgan fingerprint density at radius 2 is 1.49 bits per heavy atom. The van der Waals surface area contributed by atoms with Gasteiger partial charge in [0.15, 0.2) is 5.60 Å². The Hall–Kier alpha value is -2.58. The van der Waals surface area contributed by atoms with Crippen LogP contribution in [-0.4, -0.2) is 60.7 Å². The van der Waals surface area contributed by atoms with Crippen molar-refractivity contribution >= 4 is 5.97 Å². The van der Waals surface area contributed by atoms with Crippen LogP contribution in [0.3, 0.4) is 0 Å². The summed E-state index contributed by atoms with van der Waals surface area (Å²) in [6.45, 7) is 14.9. The summed E-state index contributed by atoms with van der Waals surface area (Å²) in [7, 11) is 0. The van der Waals surface area contributed by atoms with Crippen LogP contribution in [0.15, 0.2) is 36.4 Å². The van der Waals surface area contributed by atoms with Crippen LogP contribution < -0.4 is 4.74 Å². The first-order valence-electron chi connectivity index (χ1n) is 13.0. The van der Waals surface area contributed by atoms with Crippen LogP contribution >= 0.6 is 0 Å². The number of esters is 1. The summed E-state index contributed by atoms with van der Waals surface area (Å²) in [5.74, 6) is 0.350. The summed E-state index contributed by atoms with van der Waals surface area (Å²) >= 11 is 0. The number of carbonyl (C=O) groups excluding carboxylic acids is 1. The largest absolute Gasteiger partial charge is 0.476 e. The van der Waals surface area contributed by atoms with Crippen molar-refractivity contribution in [3.05, 3.63) is 64.2 Å². The van der Waals surface area contributed by atoms with E-state index in [0.717, 1.165) is 80.1 Å². The molecule has 8 heteroatoms. The molecule has 1 fully saturated rings. The van der Waals surface area contributed by atoms with E-state index in [1.807, 2.05) is 13.8 Å². The van der Waals surface area contributed by atoms with Crippen molar-refractivity contribution in [3.63, 3.8) is 0 Å². The number of alkyl halides is 3. The quantitative estimate of drug-likeness (QED) is 0.371. The zero-order valence-electron chi connectivity index (χ0n) is 22.6. The lowest BCUT2D eigenvalue weighted by molar-refractivity contribution is -0.158. The Balaban J connectivity index is 1.44. The predicted molar refractivity (Wildman–Crippen MR) is 139 cm³/mol. The molecule has 204 valence electrons. The molecule has 37 heavy (non-hydrogen) atoms. The number of rotatable bonds is 10. The van der Waals surface area contributed by atoms with E-state index in [9.17, 15) is 18.0 Å². The molecule has 0 atom stereocenters. The van der Waals surface area contributed by atoms with E-state index in [1.54, 1.807) is 32.9 Å². The van der Waals surface area contributed by atoms with E-state index < -0.39 is 17.3 Å². The molecule has 2 aromatic rings. The smallest absolute Gasteiger partial charge is 0.416 e. The highest BCUT2D eigenvalue weighted by molar-refractivity contribution is 5.79. The van der Waals surface area contributed by atoms with Gasteiger partial charge in [0.05, 0.1) is 12.2 Å². The average molecular weight is 521 g/mol. The zero-order chi connectivity index (χ0) is 27.2. The summed E-state index contributed by atoms with van der Waals surface area (Å²) in [4.78, 5) is 17.0. The molecule has 1 aliphatic heterocycles. The van der Waals surface area contributed by atoms with Crippen molar-refractivity contribution < 1.29 is 27.4 Å². The molecule has 0 amide bonds. The van der Waals surface area contributed by atoms with E-state index in [1.165, 1.54) is 5.56 Å². The molecule has 1 heterocycles. The third-order valence-electron chi connectivity index (χ3n) is 6.74. The Morgan fingerprint density at radius 3 is 2.03 bits per heavy atom. The number of hydrogen-bond acceptors (Lipinski definition) is 5. The third-order valence-corrected chi connectivity index (χ3v) is 6.74. The molecule has 0 radical (unpaired) electrons. The molecule has 0 spiro atoms. The molecular weight excluding hydrogens is 481 g/mol. The van der Waals surface area contributed by atoms with Gasteiger partial charge in [-0.05, 0) is 88.4 Å². The standard InChI is InChI=1S/C29H39F3N2O3/c1-6-36-27(35)28(4,5)37-26-21(2)18-24(19-22(26)3)8-7-13-33-14-16-34(17-15-33)20-23-9-11-25(12-10-23)29(30,31)32/h9-12,18-19H,6-8,13-17,20H2,1-5H3. The average Bonchev–Trinajstić information content (AvgIpc) is 2.82. The van der Waals surface area contributed by atoms with Crippen molar-refractivity contribution in [1.82, 2.24) is 9.80 Å². The molecule has 0 saturated carbocycles. The van der Waals surface area contributed by atoms with E-state index in [0.29, 0.717) is 13.2 Å². The highest BCUT2D eigenvalue weighted by Crippen LogP contribution is 2.30. The van der Waals surface area contributed by atoms with Gasteiger partial charge in [-0.3, -0.25) is 4.90 Å². The van der Waals surface area contributed by atoms with Gasteiger partial charge in [-0.25, -0.2) is 4.79 Å². The number of piperazine rings is 1. The Bertz CT molecular complexity index is 1020. The number of carbonyl (C=O) groups is 1. The molecule has 5 nitrogen and oxygen atoms in total. The molecule has 0 aliphatic carbocycles. The maximum atomic E-state index is 12.8. The molecule has 3 rings (SSSR count). The molecule has 0 N–H and O–H groups in total. The first-order chi connectivity index (χ1) is 17.4. The molecule has 0 bridgehead atoms. The summed E-state index contributed by atoms with van der Waals surface area (Å²) in [5.41, 5.74) is 2.51. The van der Waals surface area contributed by atoms with Gasteiger partial charge in [0.1, 0.15) is 5.75 Å². The van der Waals surface area contributed by atoms with Crippen molar-refractivity contribution in [3.8, 4) is 5.75 Å². The van der Waals surface area contributed by atoms with Crippen LogP contribution in [-0.2, 0) is 28.7 Å². The van der Waals surface area contributed by atoms with E-state index >= 15 is 0 Å². The fraction of sp³-hybridized carbons (Fsp3) is 0.552. The number of halogens is 3. The Kier molecular flexibility index (Phi) is 9.64. The zero-order valence-corrected chi connectivity index (χ0v) is 22.6. The van der Waals surface area contributed by atoms with Gasteiger partial charge in [0.25, 0.3) is 0 Å². The number of ether oxygens (including phenoxy) is 2. The van der Waals surface area contributed by atoms with Gasteiger partial charge >= 0.3 is 12.1 Å². The van der Waals surface area contributed by atoms with Gasteiger partial charge in [-0.1, -0.05) is 24.3 Å². The lowest BCUT2D eigenvalue weighted by atomic mass is 10.0. The first kappa shape index (κ1) is 29.0. The fourth-order valence-electron chi connectivity index (χ4n) is 4.68. The SMILES string of the molecule is CCOC(=O)C(C)(C)Oc1c(C)cc(CCCN2CCN(Cc3ccc(C(F)(F)F)cc3)CC2)cc1C. The highest BCUT2D eigenvalue weighted by Gasteiger charge is 2.33. The lowest BCUT2D eigenvalue weighted by Gasteiger charge is -2.34. The molecule has 1 saturated heterocycles. The summed E-state index contributed by atoms with van der Waals surface area (Å²) in [6.07, 6.45) is -2.31. The van der Waals surface area contributed by atoms with E-state index in [2.05, 4.69) is 21.9 Å². The van der Waals surface area contributed by atoms with Crippen LogP contribution in [0.1, 0.15) is 55.0 Å². The second-order valence-electron chi connectivity index (χ2n) is 10.3. The second-order valence-corrected chi connectivity index (χ2v) is 10.3. The van der Waals surface area contributed by atoms with Gasteiger partial charge in [-0.2, -0.15) is 13.2 Å². The topological polar surface area (TPSA) is 42.0 Å². The minimum absolute atomic E-state index is 0.316. The number of hydrogen-bond donors (Lipinski definition) is 0. The van der Waals surface area contributed by atoms with Gasteiger partial charge in [0.2, 0.25) is 0 Å². The molecule has 2 aromatic carbocycles. The molecule has 0 aromatic heterocycles. The van der Waals surface area contributed by atoms with Crippen LogP contribution in [0.2, 0.25) is 0 Å². The van der Waals surface area contributed by atoms with Gasteiger partial charge < -0.3 is 14.4 Å². The predicted octanol–water partition coefficient (Wildman–Crippen LogP) is 5.79. The maximum absolute atomic E-state index is 12.8. The molecule has 1 aliphatic rings. The van der Waals surface area contributed by atoms with Gasteiger partial charge in [-0.15, -0.1) is 0 Å². The number of nitrogens with zero attached hydrogens (tertiary/aromatic N) is 2. The fourth-order valence-corrected chi connectivity index (χ4v) is 4.68. The first-order valence-corrected chi connectivity index (χ1v) is 13.0. The van der Waals surface area contributed by atoms with Crippen LogP contribution in [0.4, 0.5) is 13.2 Å². The van der Waals surface area contributed by atoms with Crippen LogP contribution in [0.5, 0.6) is 5.75 Å². The van der Waals surface area contributed by atoms with E-state index in [4.69, 9.17) is 9.47 Å². The molecular formula is C29H39F3N2O3. The van der Waals surface area contributed by atoms with Crippen LogP contribution in [0.25, 0.3) is 0 Å². The number of aryl methyl sites for hydroxylation is 3. The lowest BCUT2D eigenvalue weighted by Crippen LogP contribution is -2.46. The Labute approximate surface area is 218 Å². The highest BCUT2D eigenvalue weighted by atomic mass is 19.4. The van der Waals surface area contributed by atoms with Crippen LogP contribution in [0, 0.1) is 13.8 Å². The monoisotopic (exact) mass is 520 g/mol. The van der Waals surface area contributed by atoms with Gasteiger partial charge in [0, 0.05) is 32.7 Å². The summed E-state index contributed by atoms with van der Waals surface area (Å²) < 4.78 is 49.5. The van der Waals surface area contributed by atoms with E-state index in [-0.39, 0.29) is 5.97 Å². The normalized spacial score (nSPS) is 15.6. The Morgan fingerprint density at radius 1 is 0.919 bits per heavy atom.